The van der Waals surface area contributed by atoms with Gasteiger partial charge in [0.15, 0.2) is 0 Å². The summed E-state index contributed by atoms with van der Waals surface area (Å²) in [6.45, 7) is 8.56. The van der Waals surface area contributed by atoms with Gasteiger partial charge in [-0.2, -0.15) is 4.98 Å². The van der Waals surface area contributed by atoms with Crippen molar-refractivity contribution in [3.8, 4) is 11.6 Å². The average Bonchev–Trinajstić information content (AvgIpc) is 3.13. The molecule has 2 aromatic heterocycles. The molecule has 3 aromatic rings. The van der Waals surface area contributed by atoms with Crippen LogP contribution in [-0.4, -0.2) is 41.2 Å². The molecular weight excluding hydrogens is 394 g/mol. The van der Waals surface area contributed by atoms with Crippen LogP contribution in [-0.2, 0) is 24.1 Å². The SMILES string of the molecule is CC(C)c1cccc(Oc2nc(CN3CCOCC3)nc3sc4c(c23)CCCC4)c1. The Morgan fingerprint density at radius 3 is 2.80 bits per heavy atom. The van der Waals surface area contributed by atoms with Crippen molar-refractivity contribution in [2.24, 2.45) is 0 Å². The third-order valence-corrected chi connectivity index (χ3v) is 7.22. The van der Waals surface area contributed by atoms with E-state index >= 15 is 0 Å². The highest BCUT2D eigenvalue weighted by Gasteiger charge is 2.23. The first kappa shape index (κ1) is 19.9. The van der Waals surface area contributed by atoms with Crippen molar-refractivity contribution >= 4 is 21.6 Å². The Bertz CT molecular complexity index is 1040. The monoisotopic (exact) mass is 423 g/mol. The van der Waals surface area contributed by atoms with Gasteiger partial charge in [0.05, 0.1) is 25.1 Å². The molecule has 0 spiro atoms. The number of morpholine rings is 1. The van der Waals surface area contributed by atoms with Crippen molar-refractivity contribution < 1.29 is 9.47 Å². The van der Waals surface area contributed by atoms with Crippen molar-refractivity contribution in [3.63, 3.8) is 0 Å². The molecule has 2 aliphatic rings. The summed E-state index contributed by atoms with van der Waals surface area (Å²) < 4.78 is 11.9. The molecule has 3 heterocycles. The fourth-order valence-corrected chi connectivity index (χ4v) is 5.59. The van der Waals surface area contributed by atoms with E-state index in [1.54, 1.807) is 0 Å². The zero-order chi connectivity index (χ0) is 20.5. The van der Waals surface area contributed by atoms with Gasteiger partial charge in [0, 0.05) is 18.0 Å². The van der Waals surface area contributed by atoms with E-state index in [9.17, 15) is 0 Å². The summed E-state index contributed by atoms with van der Waals surface area (Å²) in [5.74, 6) is 2.89. The zero-order valence-electron chi connectivity index (χ0n) is 17.8. The number of benzene rings is 1. The Morgan fingerprint density at radius 1 is 1.13 bits per heavy atom. The second kappa shape index (κ2) is 8.61. The quantitative estimate of drug-likeness (QED) is 0.556. The number of rotatable bonds is 5. The van der Waals surface area contributed by atoms with Crippen LogP contribution in [0.5, 0.6) is 11.6 Å². The minimum absolute atomic E-state index is 0.463. The van der Waals surface area contributed by atoms with Gasteiger partial charge in [-0.1, -0.05) is 26.0 Å². The molecule has 158 valence electrons. The van der Waals surface area contributed by atoms with Gasteiger partial charge < -0.3 is 9.47 Å². The molecule has 0 bridgehead atoms. The fraction of sp³-hybridized carbons (Fsp3) is 0.500. The maximum atomic E-state index is 6.45. The topological polar surface area (TPSA) is 47.5 Å². The van der Waals surface area contributed by atoms with Crippen LogP contribution >= 0.6 is 11.3 Å². The van der Waals surface area contributed by atoms with Crippen molar-refractivity contribution in [2.75, 3.05) is 26.3 Å². The van der Waals surface area contributed by atoms with Crippen LogP contribution in [0, 0.1) is 0 Å². The Labute approximate surface area is 182 Å². The zero-order valence-corrected chi connectivity index (χ0v) is 18.6. The van der Waals surface area contributed by atoms with Crippen molar-refractivity contribution in [3.05, 3.63) is 46.1 Å². The molecule has 0 amide bonds. The predicted molar refractivity (Wildman–Crippen MR) is 121 cm³/mol. The minimum Gasteiger partial charge on any atom is -0.438 e. The fourth-order valence-electron chi connectivity index (χ4n) is 4.32. The number of fused-ring (bicyclic) bond motifs is 3. The first-order valence-electron chi connectivity index (χ1n) is 11.1. The molecule has 0 N–H and O–H groups in total. The lowest BCUT2D eigenvalue weighted by molar-refractivity contribution is 0.0330. The van der Waals surface area contributed by atoms with Gasteiger partial charge in [-0.05, 0) is 54.9 Å². The molecule has 5 rings (SSSR count). The summed E-state index contributed by atoms with van der Waals surface area (Å²) in [6, 6.07) is 8.39. The molecule has 6 heteroatoms. The average molecular weight is 424 g/mol. The third-order valence-electron chi connectivity index (χ3n) is 6.04. The summed E-state index contributed by atoms with van der Waals surface area (Å²) in [7, 11) is 0. The molecule has 0 saturated carbocycles. The van der Waals surface area contributed by atoms with Crippen LogP contribution in [0.1, 0.15) is 54.4 Å². The number of hydrogen-bond donors (Lipinski definition) is 0. The van der Waals surface area contributed by atoms with E-state index < -0.39 is 0 Å². The molecule has 1 saturated heterocycles. The summed E-state index contributed by atoms with van der Waals surface area (Å²) in [5.41, 5.74) is 2.69. The molecule has 0 unspecified atom stereocenters. The van der Waals surface area contributed by atoms with E-state index in [-0.39, 0.29) is 0 Å². The van der Waals surface area contributed by atoms with E-state index in [1.165, 1.54) is 28.8 Å². The molecule has 5 nitrogen and oxygen atoms in total. The van der Waals surface area contributed by atoms with E-state index in [2.05, 4.69) is 36.9 Å². The summed E-state index contributed by atoms with van der Waals surface area (Å²) in [5, 5.41) is 1.13. The number of hydrogen-bond acceptors (Lipinski definition) is 6. The van der Waals surface area contributed by atoms with Crippen molar-refractivity contribution in [1.82, 2.24) is 14.9 Å². The summed E-state index contributed by atoms with van der Waals surface area (Å²) >= 11 is 1.83. The largest absolute Gasteiger partial charge is 0.438 e. The lowest BCUT2D eigenvalue weighted by Gasteiger charge is -2.25. The van der Waals surface area contributed by atoms with Gasteiger partial charge in [-0.15, -0.1) is 11.3 Å². The number of thiophene rings is 1. The van der Waals surface area contributed by atoms with Crippen molar-refractivity contribution in [2.45, 2.75) is 52.0 Å². The lowest BCUT2D eigenvalue weighted by atomic mass is 9.97. The number of ether oxygens (including phenoxy) is 2. The molecular formula is C24H29N3O2S. The smallest absolute Gasteiger partial charge is 0.231 e. The van der Waals surface area contributed by atoms with Gasteiger partial charge in [-0.3, -0.25) is 4.90 Å². The number of aromatic nitrogens is 2. The second-order valence-electron chi connectivity index (χ2n) is 8.55. The van der Waals surface area contributed by atoms with E-state index in [4.69, 9.17) is 19.4 Å². The molecule has 30 heavy (non-hydrogen) atoms. The van der Waals surface area contributed by atoms with Crippen LogP contribution in [0.2, 0.25) is 0 Å². The summed E-state index contributed by atoms with van der Waals surface area (Å²) in [4.78, 5) is 14.8. The van der Waals surface area contributed by atoms with Gasteiger partial charge in [0.1, 0.15) is 16.4 Å². The Hall–Kier alpha value is -2.02. The number of aryl methyl sites for hydroxylation is 2. The van der Waals surface area contributed by atoms with Gasteiger partial charge in [0.2, 0.25) is 5.88 Å². The molecule has 0 radical (unpaired) electrons. The lowest BCUT2D eigenvalue weighted by Crippen LogP contribution is -2.36. The molecule has 1 aliphatic heterocycles. The van der Waals surface area contributed by atoms with Crippen LogP contribution in [0.15, 0.2) is 24.3 Å². The van der Waals surface area contributed by atoms with Crippen LogP contribution in [0.3, 0.4) is 0 Å². The molecule has 1 aliphatic carbocycles. The molecule has 1 fully saturated rings. The van der Waals surface area contributed by atoms with E-state index in [0.717, 1.165) is 73.4 Å². The predicted octanol–water partition coefficient (Wildman–Crippen LogP) is 5.32. The van der Waals surface area contributed by atoms with Crippen LogP contribution < -0.4 is 4.74 Å². The Kier molecular flexibility index (Phi) is 5.72. The van der Waals surface area contributed by atoms with E-state index in [1.807, 2.05) is 17.4 Å². The first-order valence-corrected chi connectivity index (χ1v) is 11.9. The van der Waals surface area contributed by atoms with Crippen LogP contribution in [0.25, 0.3) is 10.2 Å². The van der Waals surface area contributed by atoms with Gasteiger partial charge >= 0.3 is 0 Å². The normalized spacial score (nSPS) is 17.4. The van der Waals surface area contributed by atoms with Crippen molar-refractivity contribution in [1.29, 1.82) is 0 Å². The first-order chi connectivity index (χ1) is 14.7. The van der Waals surface area contributed by atoms with Gasteiger partial charge in [-0.25, -0.2) is 4.98 Å². The molecule has 1 aromatic carbocycles. The molecule has 0 atom stereocenters. The minimum atomic E-state index is 0.463. The Balaban J connectivity index is 1.55. The third kappa shape index (κ3) is 4.09. The van der Waals surface area contributed by atoms with Gasteiger partial charge in [0.25, 0.3) is 0 Å². The second-order valence-corrected chi connectivity index (χ2v) is 9.64. The standard InChI is InChI=1S/C24H29N3O2S/c1-16(2)17-6-5-7-18(14-17)29-23-22-19-8-3-4-9-20(19)30-24(22)26-21(25-23)15-27-10-12-28-13-11-27/h5-7,14,16H,3-4,8-13,15H2,1-2H3. The maximum Gasteiger partial charge on any atom is 0.231 e. The van der Waals surface area contributed by atoms with E-state index in [0.29, 0.717) is 5.92 Å². The highest BCUT2D eigenvalue weighted by Crippen LogP contribution is 2.41. The highest BCUT2D eigenvalue weighted by molar-refractivity contribution is 7.18. The Morgan fingerprint density at radius 2 is 1.97 bits per heavy atom. The number of nitrogens with zero attached hydrogens (tertiary/aromatic N) is 3. The summed E-state index contributed by atoms with van der Waals surface area (Å²) in [6.07, 6.45) is 4.75. The van der Waals surface area contributed by atoms with Crippen LogP contribution in [0.4, 0.5) is 0 Å². The maximum absolute atomic E-state index is 6.45. The highest BCUT2D eigenvalue weighted by atomic mass is 32.1.